The Balaban J connectivity index is 1.53. The van der Waals surface area contributed by atoms with Crippen LogP contribution in [-0.2, 0) is 6.61 Å². The summed E-state index contributed by atoms with van der Waals surface area (Å²) in [6.45, 7) is 0.190. The van der Waals surface area contributed by atoms with Crippen LogP contribution in [-0.4, -0.2) is 25.1 Å². The minimum Gasteiger partial charge on any atom is -0.469 e. The molecular formula is C17H12FN5O. The molecule has 0 aliphatic carbocycles. The van der Waals surface area contributed by atoms with Crippen LogP contribution >= 0.6 is 0 Å². The molecule has 2 aromatic carbocycles. The van der Waals surface area contributed by atoms with Crippen LogP contribution in [0.25, 0.3) is 22.3 Å². The Hall–Kier alpha value is -3.35. The third kappa shape index (κ3) is 2.79. The molecule has 118 valence electrons. The van der Waals surface area contributed by atoms with Gasteiger partial charge in [-0.1, -0.05) is 12.1 Å². The second-order valence-corrected chi connectivity index (χ2v) is 5.10. The van der Waals surface area contributed by atoms with E-state index < -0.39 is 0 Å². The first-order valence-corrected chi connectivity index (χ1v) is 7.29. The molecule has 0 spiro atoms. The average molecular weight is 321 g/mol. The summed E-state index contributed by atoms with van der Waals surface area (Å²) in [4.78, 5) is 12.7. The van der Waals surface area contributed by atoms with Crippen molar-refractivity contribution in [1.82, 2.24) is 25.1 Å². The molecule has 2 heterocycles. The van der Waals surface area contributed by atoms with Crippen LogP contribution in [0.1, 0.15) is 5.82 Å². The summed E-state index contributed by atoms with van der Waals surface area (Å²) in [6.07, 6.45) is 1.46. The maximum atomic E-state index is 13.0. The SMILES string of the molecule is Fc1ccc(-c2n[nH]c(COc3ncnc4ccccc34)n2)cc1. The molecule has 0 unspecified atom stereocenters. The number of aromatic amines is 1. The van der Waals surface area contributed by atoms with Gasteiger partial charge in [-0.2, -0.15) is 5.10 Å². The maximum Gasteiger partial charge on any atom is 0.224 e. The van der Waals surface area contributed by atoms with Crippen molar-refractivity contribution in [3.05, 3.63) is 66.5 Å². The number of rotatable bonds is 4. The van der Waals surface area contributed by atoms with Gasteiger partial charge < -0.3 is 4.74 Å². The normalized spacial score (nSPS) is 10.9. The van der Waals surface area contributed by atoms with Crippen molar-refractivity contribution in [2.45, 2.75) is 6.61 Å². The summed E-state index contributed by atoms with van der Waals surface area (Å²) in [5.41, 5.74) is 1.54. The summed E-state index contributed by atoms with van der Waals surface area (Å²) in [6, 6.07) is 13.6. The lowest BCUT2D eigenvalue weighted by Gasteiger charge is -2.05. The third-order valence-electron chi connectivity index (χ3n) is 3.49. The zero-order valence-electron chi connectivity index (χ0n) is 12.5. The van der Waals surface area contributed by atoms with E-state index in [0.29, 0.717) is 17.5 Å². The van der Waals surface area contributed by atoms with Crippen LogP contribution in [0.5, 0.6) is 5.88 Å². The predicted molar refractivity (Wildman–Crippen MR) is 85.6 cm³/mol. The highest BCUT2D eigenvalue weighted by Crippen LogP contribution is 2.21. The van der Waals surface area contributed by atoms with E-state index in [2.05, 4.69) is 25.1 Å². The van der Waals surface area contributed by atoms with E-state index in [1.54, 1.807) is 12.1 Å². The molecule has 7 heteroatoms. The summed E-state index contributed by atoms with van der Waals surface area (Å²) >= 11 is 0. The molecule has 4 rings (SSSR count). The van der Waals surface area contributed by atoms with Gasteiger partial charge in [0.15, 0.2) is 11.6 Å². The van der Waals surface area contributed by atoms with Gasteiger partial charge in [-0.25, -0.2) is 19.3 Å². The lowest BCUT2D eigenvalue weighted by Crippen LogP contribution is -2.00. The Morgan fingerprint density at radius 1 is 1.00 bits per heavy atom. The van der Waals surface area contributed by atoms with Gasteiger partial charge in [-0.3, -0.25) is 5.10 Å². The quantitative estimate of drug-likeness (QED) is 0.625. The Labute approximate surface area is 136 Å². The van der Waals surface area contributed by atoms with Crippen molar-refractivity contribution in [2.24, 2.45) is 0 Å². The molecule has 0 amide bonds. The number of H-pyrrole nitrogens is 1. The van der Waals surface area contributed by atoms with Crippen LogP contribution in [0.15, 0.2) is 54.9 Å². The molecule has 0 fully saturated rings. The summed E-state index contributed by atoms with van der Waals surface area (Å²) in [7, 11) is 0. The molecule has 0 aliphatic heterocycles. The van der Waals surface area contributed by atoms with Crippen molar-refractivity contribution < 1.29 is 9.13 Å². The van der Waals surface area contributed by atoms with Crippen molar-refractivity contribution >= 4 is 10.9 Å². The lowest BCUT2D eigenvalue weighted by molar-refractivity contribution is 0.288. The molecule has 24 heavy (non-hydrogen) atoms. The van der Waals surface area contributed by atoms with Crippen molar-refractivity contribution in [1.29, 1.82) is 0 Å². The predicted octanol–water partition coefficient (Wildman–Crippen LogP) is 3.13. The van der Waals surface area contributed by atoms with Crippen molar-refractivity contribution in [2.75, 3.05) is 0 Å². The van der Waals surface area contributed by atoms with Gasteiger partial charge in [0.2, 0.25) is 5.88 Å². The van der Waals surface area contributed by atoms with Gasteiger partial charge in [0.1, 0.15) is 18.8 Å². The fraction of sp³-hybridized carbons (Fsp3) is 0.0588. The van der Waals surface area contributed by atoms with E-state index in [1.807, 2.05) is 24.3 Å². The van der Waals surface area contributed by atoms with Gasteiger partial charge >= 0.3 is 0 Å². The van der Waals surface area contributed by atoms with Gasteiger partial charge in [0.25, 0.3) is 0 Å². The highest BCUT2D eigenvalue weighted by molar-refractivity contribution is 5.82. The maximum absolute atomic E-state index is 13.0. The van der Waals surface area contributed by atoms with Crippen molar-refractivity contribution in [3.63, 3.8) is 0 Å². The smallest absolute Gasteiger partial charge is 0.224 e. The second kappa shape index (κ2) is 6.04. The van der Waals surface area contributed by atoms with E-state index in [4.69, 9.17) is 4.74 Å². The fourth-order valence-corrected chi connectivity index (χ4v) is 2.32. The molecule has 0 aliphatic rings. The first-order chi connectivity index (χ1) is 11.8. The molecule has 1 N–H and O–H groups in total. The van der Waals surface area contributed by atoms with Gasteiger partial charge in [0, 0.05) is 5.56 Å². The number of halogens is 1. The van der Waals surface area contributed by atoms with Gasteiger partial charge in [0.05, 0.1) is 10.9 Å². The Kier molecular flexibility index (Phi) is 3.59. The Morgan fingerprint density at radius 3 is 2.71 bits per heavy atom. The number of hydrogen-bond donors (Lipinski definition) is 1. The topological polar surface area (TPSA) is 76.6 Å². The lowest BCUT2D eigenvalue weighted by atomic mass is 10.2. The number of fused-ring (bicyclic) bond motifs is 1. The zero-order chi connectivity index (χ0) is 16.4. The number of nitrogens with one attached hydrogen (secondary N) is 1. The summed E-state index contributed by atoms with van der Waals surface area (Å²) in [5.74, 6) is 1.23. The first kappa shape index (κ1) is 14.3. The van der Waals surface area contributed by atoms with E-state index in [1.165, 1.54) is 18.5 Å². The van der Waals surface area contributed by atoms with Crippen molar-refractivity contribution in [3.8, 4) is 17.3 Å². The Bertz CT molecular complexity index is 978. The Morgan fingerprint density at radius 2 is 1.83 bits per heavy atom. The van der Waals surface area contributed by atoms with Gasteiger partial charge in [-0.05, 0) is 36.4 Å². The number of hydrogen-bond acceptors (Lipinski definition) is 5. The molecule has 0 bridgehead atoms. The molecule has 0 saturated heterocycles. The van der Waals surface area contributed by atoms with Crippen LogP contribution in [0.2, 0.25) is 0 Å². The molecule has 0 saturated carbocycles. The first-order valence-electron chi connectivity index (χ1n) is 7.29. The standard InChI is InChI=1S/C17H12FN5O/c18-12-7-5-11(6-8-12)16-21-15(22-23-16)9-24-17-13-3-1-2-4-14(13)19-10-20-17/h1-8,10H,9H2,(H,21,22,23). The minimum atomic E-state index is -0.298. The average Bonchev–Trinajstić information content (AvgIpc) is 3.09. The molecule has 0 atom stereocenters. The van der Waals surface area contributed by atoms with E-state index in [0.717, 1.165) is 16.5 Å². The second-order valence-electron chi connectivity index (χ2n) is 5.10. The number of benzene rings is 2. The van der Waals surface area contributed by atoms with E-state index in [-0.39, 0.29) is 12.4 Å². The third-order valence-corrected chi connectivity index (χ3v) is 3.49. The molecule has 0 radical (unpaired) electrons. The van der Waals surface area contributed by atoms with E-state index >= 15 is 0 Å². The summed E-state index contributed by atoms with van der Waals surface area (Å²) < 4.78 is 18.7. The highest BCUT2D eigenvalue weighted by atomic mass is 19.1. The van der Waals surface area contributed by atoms with Gasteiger partial charge in [-0.15, -0.1) is 0 Å². The van der Waals surface area contributed by atoms with E-state index in [9.17, 15) is 4.39 Å². The van der Waals surface area contributed by atoms with Crippen LogP contribution in [0, 0.1) is 5.82 Å². The van der Waals surface area contributed by atoms with Crippen LogP contribution < -0.4 is 4.74 Å². The molecule has 6 nitrogen and oxygen atoms in total. The minimum absolute atomic E-state index is 0.190. The number of para-hydroxylation sites is 1. The molecule has 4 aromatic rings. The largest absolute Gasteiger partial charge is 0.469 e. The molecule has 2 aromatic heterocycles. The number of ether oxygens (including phenoxy) is 1. The number of nitrogens with zero attached hydrogens (tertiary/aromatic N) is 4. The number of aromatic nitrogens is 5. The molecular weight excluding hydrogens is 309 g/mol. The van der Waals surface area contributed by atoms with Crippen LogP contribution in [0.4, 0.5) is 4.39 Å². The summed E-state index contributed by atoms with van der Waals surface area (Å²) in [5, 5.41) is 7.77. The fourth-order valence-electron chi connectivity index (χ4n) is 2.32. The van der Waals surface area contributed by atoms with Crippen LogP contribution in [0.3, 0.4) is 0 Å². The zero-order valence-corrected chi connectivity index (χ0v) is 12.5. The highest BCUT2D eigenvalue weighted by Gasteiger charge is 2.09. The monoisotopic (exact) mass is 321 g/mol.